The van der Waals surface area contributed by atoms with Gasteiger partial charge in [0.25, 0.3) is 0 Å². The summed E-state index contributed by atoms with van der Waals surface area (Å²) in [6.45, 7) is 8.45. The van der Waals surface area contributed by atoms with Crippen LogP contribution in [-0.2, 0) is 17.8 Å². The summed E-state index contributed by atoms with van der Waals surface area (Å²) in [6, 6.07) is 10.7. The fourth-order valence-electron chi connectivity index (χ4n) is 3.10. The molecule has 124 valence electrons. The molecule has 3 nitrogen and oxygen atoms in total. The van der Waals surface area contributed by atoms with E-state index in [1.54, 1.807) is 0 Å². The number of hydrogen-bond donors (Lipinski definition) is 0. The molecule has 0 unspecified atom stereocenters. The molecule has 0 saturated carbocycles. The molecular weight excluding hydrogens is 304 g/mol. The monoisotopic (exact) mass is 330 g/mol. The number of aromatic nitrogens is 1. The molecule has 0 N–H and O–H groups in total. The van der Waals surface area contributed by atoms with Gasteiger partial charge in [0.1, 0.15) is 0 Å². The zero-order chi connectivity index (χ0) is 16.1. The van der Waals surface area contributed by atoms with E-state index in [4.69, 9.17) is 4.74 Å². The van der Waals surface area contributed by atoms with Gasteiger partial charge >= 0.3 is 0 Å². The molecule has 1 saturated heterocycles. The van der Waals surface area contributed by atoms with Crippen molar-refractivity contribution in [1.29, 1.82) is 0 Å². The summed E-state index contributed by atoms with van der Waals surface area (Å²) in [7, 11) is 0. The molecule has 0 bridgehead atoms. The number of nitrogens with zero attached hydrogens (tertiary/aromatic N) is 2. The highest BCUT2D eigenvalue weighted by molar-refractivity contribution is 7.12. The lowest BCUT2D eigenvalue weighted by atomic mass is 10.2. The van der Waals surface area contributed by atoms with Crippen LogP contribution in [0.25, 0.3) is 0 Å². The second kappa shape index (κ2) is 8.04. The van der Waals surface area contributed by atoms with E-state index in [0.29, 0.717) is 12.0 Å². The second-order valence-electron chi connectivity index (χ2n) is 6.69. The lowest BCUT2D eigenvalue weighted by Crippen LogP contribution is -2.27. The van der Waals surface area contributed by atoms with E-state index in [2.05, 4.69) is 48.0 Å². The summed E-state index contributed by atoms with van der Waals surface area (Å²) in [6.07, 6.45) is 4.58. The molecule has 1 aliphatic heterocycles. The van der Waals surface area contributed by atoms with Crippen LogP contribution in [-0.4, -0.2) is 23.0 Å². The topological polar surface area (TPSA) is 25.4 Å². The average Bonchev–Trinajstić information content (AvgIpc) is 3.18. The van der Waals surface area contributed by atoms with Crippen LogP contribution in [0.4, 0.5) is 0 Å². The van der Waals surface area contributed by atoms with Crippen LogP contribution in [0.5, 0.6) is 0 Å². The van der Waals surface area contributed by atoms with Gasteiger partial charge in [0.2, 0.25) is 0 Å². The van der Waals surface area contributed by atoms with E-state index in [-0.39, 0.29) is 0 Å². The Morgan fingerprint density at radius 3 is 2.87 bits per heavy atom. The molecule has 0 aromatic carbocycles. The van der Waals surface area contributed by atoms with Gasteiger partial charge in [-0.15, -0.1) is 11.3 Å². The SMILES string of the molecule is CC(C)CN(Cc1ccccn1)Cc1ccc([C@H]2CCCO2)s1. The molecule has 1 fully saturated rings. The van der Waals surface area contributed by atoms with Gasteiger partial charge in [-0.1, -0.05) is 19.9 Å². The first-order chi connectivity index (χ1) is 11.2. The quantitative estimate of drug-likeness (QED) is 0.739. The number of ether oxygens (including phenoxy) is 1. The van der Waals surface area contributed by atoms with Crippen molar-refractivity contribution in [2.45, 2.75) is 45.9 Å². The lowest BCUT2D eigenvalue weighted by Gasteiger charge is -2.23. The Morgan fingerprint density at radius 1 is 1.26 bits per heavy atom. The molecule has 4 heteroatoms. The minimum atomic E-state index is 0.336. The minimum absolute atomic E-state index is 0.336. The maximum absolute atomic E-state index is 5.80. The van der Waals surface area contributed by atoms with Crippen LogP contribution >= 0.6 is 11.3 Å². The Bertz CT molecular complexity index is 590. The normalized spacial score (nSPS) is 18.2. The van der Waals surface area contributed by atoms with Gasteiger partial charge in [-0.05, 0) is 43.0 Å². The Balaban J connectivity index is 1.65. The van der Waals surface area contributed by atoms with Gasteiger partial charge in [0.15, 0.2) is 0 Å². The van der Waals surface area contributed by atoms with Crippen molar-refractivity contribution in [1.82, 2.24) is 9.88 Å². The van der Waals surface area contributed by atoms with Gasteiger partial charge in [0, 0.05) is 42.2 Å². The van der Waals surface area contributed by atoms with Crippen LogP contribution in [0, 0.1) is 5.92 Å². The van der Waals surface area contributed by atoms with Gasteiger partial charge in [-0.25, -0.2) is 0 Å². The van der Waals surface area contributed by atoms with Crippen molar-refractivity contribution >= 4 is 11.3 Å². The Kier molecular flexibility index (Phi) is 5.81. The maximum atomic E-state index is 5.80. The number of rotatable bonds is 7. The first kappa shape index (κ1) is 16.6. The first-order valence-electron chi connectivity index (χ1n) is 8.53. The fourth-order valence-corrected chi connectivity index (χ4v) is 4.24. The standard InChI is InChI=1S/C19H26N2OS/c1-15(2)12-21(13-16-6-3-4-10-20-16)14-17-8-9-19(23-17)18-7-5-11-22-18/h3-4,6,8-10,15,18H,5,7,11-14H2,1-2H3/t18-/m1/s1. The highest BCUT2D eigenvalue weighted by Gasteiger charge is 2.20. The number of hydrogen-bond acceptors (Lipinski definition) is 4. The first-order valence-corrected chi connectivity index (χ1v) is 9.35. The highest BCUT2D eigenvalue weighted by Crippen LogP contribution is 2.33. The lowest BCUT2D eigenvalue weighted by molar-refractivity contribution is 0.114. The van der Waals surface area contributed by atoms with Crippen molar-refractivity contribution in [3.63, 3.8) is 0 Å². The van der Waals surface area contributed by atoms with Crippen LogP contribution in [0.15, 0.2) is 36.5 Å². The van der Waals surface area contributed by atoms with Gasteiger partial charge in [-0.3, -0.25) is 9.88 Å². The van der Waals surface area contributed by atoms with Crippen molar-refractivity contribution < 1.29 is 4.74 Å². The smallest absolute Gasteiger partial charge is 0.0917 e. The fraction of sp³-hybridized carbons (Fsp3) is 0.526. The summed E-state index contributed by atoms with van der Waals surface area (Å²) in [4.78, 5) is 9.79. The third-order valence-corrected chi connectivity index (χ3v) is 5.21. The average molecular weight is 330 g/mol. The Hall–Kier alpha value is -1.23. The summed E-state index contributed by atoms with van der Waals surface area (Å²) in [5.41, 5.74) is 1.14. The van der Waals surface area contributed by atoms with Crippen molar-refractivity contribution in [3.8, 4) is 0 Å². The third kappa shape index (κ3) is 4.87. The highest BCUT2D eigenvalue weighted by atomic mass is 32.1. The van der Waals surface area contributed by atoms with Gasteiger partial charge in [0.05, 0.1) is 11.8 Å². The predicted molar refractivity (Wildman–Crippen MR) is 95.4 cm³/mol. The molecule has 2 aromatic heterocycles. The molecule has 23 heavy (non-hydrogen) atoms. The van der Waals surface area contributed by atoms with Crippen molar-refractivity contribution in [3.05, 3.63) is 52.0 Å². The summed E-state index contributed by atoms with van der Waals surface area (Å²) < 4.78 is 5.80. The van der Waals surface area contributed by atoms with E-state index in [1.807, 2.05) is 23.6 Å². The van der Waals surface area contributed by atoms with Crippen LogP contribution < -0.4 is 0 Å². The second-order valence-corrected chi connectivity index (χ2v) is 7.89. The van der Waals surface area contributed by atoms with Crippen molar-refractivity contribution in [2.24, 2.45) is 5.92 Å². The Labute approximate surface area is 143 Å². The molecule has 0 spiro atoms. The maximum Gasteiger partial charge on any atom is 0.0917 e. The van der Waals surface area contributed by atoms with Gasteiger partial charge < -0.3 is 4.74 Å². The molecule has 0 radical (unpaired) electrons. The molecule has 0 amide bonds. The van der Waals surface area contributed by atoms with E-state index in [0.717, 1.165) is 31.9 Å². The van der Waals surface area contributed by atoms with E-state index in [9.17, 15) is 0 Å². The molecule has 3 heterocycles. The Morgan fingerprint density at radius 2 is 2.17 bits per heavy atom. The zero-order valence-corrected chi connectivity index (χ0v) is 14.9. The number of thiophene rings is 1. The van der Waals surface area contributed by atoms with Gasteiger partial charge in [-0.2, -0.15) is 0 Å². The zero-order valence-electron chi connectivity index (χ0n) is 14.1. The van der Waals surface area contributed by atoms with E-state index < -0.39 is 0 Å². The summed E-state index contributed by atoms with van der Waals surface area (Å²) >= 11 is 1.91. The van der Waals surface area contributed by atoms with Crippen LogP contribution in [0.1, 0.15) is 48.2 Å². The molecule has 0 aliphatic carbocycles. The molecule has 2 aromatic rings. The van der Waals surface area contributed by atoms with E-state index >= 15 is 0 Å². The largest absolute Gasteiger partial charge is 0.373 e. The third-order valence-electron chi connectivity index (χ3n) is 4.04. The number of pyridine rings is 1. The van der Waals surface area contributed by atoms with Crippen molar-refractivity contribution in [2.75, 3.05) is 13.2 Å². The van der Waals surface area contributed by atoms with Crippen LogP contribution in [0.2, 0.25) is 0 Å². The van der Waals surface area contributed by atoms with Crippen LogP contribution in [0.3, 0.4) is 0 Å². The van der Waals surface area contributed by atoms with E-state index in [1.165, 1.54) is 22.6 Å². The summed E-state index contributed by atoms with van der Waals surface area (Å²) in [5.74, 6) is 0.649. The molecule has 1 atom stereocenters. The minimum Gasteiger partial charge on any atom is -0.373 e. The molecule has 1 aliphatic rings. The predicted octanol–water partition coefficient (Wildman–Crippen LogP) is 4.65. The molecule has 3 rings (SSSR count). The summed E-state index contributed by atoms with van der Waals surface area (Å²) in [5, 5.41) is 0. The molecular formula is C19H26N2OS.